The van der Waals surface area contributed by atoms with Crippen molar-refractivity contribution in [2.75, 3.05) is 0 Å². The molecule has 3 aliphatic rings. The maximum atomic E-state index is 14.0. The minimum Gasteiger partial charge on any atom is -0.339 e. The number of amides is 3. The van der Waals surface area contributed by atoms with Gasteiger partial charge in [-0.15, -0.1) is 0 Å². The highest BCUT2D eigenvalue weighted by atomic mass is 16.6. The van der Waals surface area contributed by atoms with Crippen LogP contribution in [0.4, 0.5) is 0 Å². The monoisotopic (exact) mass is 448 g/mol. The van der Waals surface area contributed by atoms with E-state index in [1.54, 1.807) is 6.92 Å². The van der Waals surface area contributed by atoms with Gasteiger partial charge in [0.2, 0.25) is 11.8 Å². The van der Waals surface area contributed by atoms with Crippen LogP contribution in [-0.2, 0) is 19.1 Å². The van der Waals surface area contributed by atoms with E-state index < -0.39 is 22.4 Å². The summed E-state index contributed by atoms with van der Waals surface area (Å²) in [6.07, 6.45) is 12.5. The van der Waals surface area contributed by atoms with Gasteiger partial charge in [-0.2, -0.15) is 0 Å². The Labute approximate surface area is 194 Å². The van der Waals surface area contributed by atoms with Crippen molar-refractivity contribution in [1.82, 2.24) is 9.80 Å². The first-order valence-corrected chi connectivity index (χ1v) is 12.7. The zero-order chi connectivity index (χ0) is 23.8. The molecule has 0 unspecified atom stereocenters. The van der Waals surface area contributed by atoms with E-state index in [-0.39, 0.29) is 17.7 Å². The second-order valence-corrected chi connectivity index (χ2v) is 11.7. The maximum Gasteiger partial charge on any atom is 0.263 e. The fourth-order valence-corrected chi connectivity index (χ4v) is 7.25. The van der Waals surface area contributed by atoms with Gasteiger partial charge in [0, 0.05) is 37.8 Å². The molecule has 0 radical (unpaired) electrons. The summed E-state index contributed by atoms with van der Waals surface area (Å²) in [6, 6.07) is 0. The number of imide groups is 1. The lowest BCUT2D eigenvalue weighted by Crippen LogP contribution is -2.70. The van der Waals surface area contributed by atoms with E-state index in [1.165, 1.54) is 43.9 Å². The Morgan fingerprint density at radius 2 is 1.12 bits per heavy atom. The first-order chi connectivity index (χ1) is 14.9. The van der Waals surface area contributed by atoms with Crippen molar-refractivity contribution in [2.45, 2.75) is 147 Å². The Balaban J connectivity index is 2.00. The van der Waals surface area contributed by atoms with Gasteiger partial charge in [0.05, 0.1) is 0 Å². The number of nitrogens with zero attached hydrogens (tertiary/aromatic N) is 2. The third-order valence-corrected chi connectivity index (χ3v) is 7.81. The van der Waals surface area contributed by atoms with E-state index in [9.17, 15) is 14.4 Å². The number of piperidine rings is 1. The fraction of sp³-hybridized carbons (Fsp3) is 0.885. The molecule has 3 amide bonds. The Bertz CT molecular complexity index is 712. The fourth-order valence-electron chi connectivity index (χ4n) is 7.25. The highest BCUT2D eigenvalue weighted by Crippen LogP contribution is 2.54. The van der Waals surface area contributed by atoms with E-state index in [0.29, 0.717) is 25.7 Å². The molecule has 2 heterocycles. The molecular formula is C26H44N2O4. The predicted molar refractivity (Wildman–Crippen MR) is 125 cm³/mol. The van der Waals surface area contributed by atoms with Crippen molar-refractivity contribution < 1.29 is 19.1 Å². The van der Waals surface area contributed by atoms with Crippen LogP contribution in [0.5, 0.6) is 0 Å². The van der Waals surface area contributed by atoms with Gasteiger partial charge in [-0.3, -0.25) is 19.3 Å². The van der Waals surface area contributed by atoms with Crippen LogP contribution in [0.1, 0.15) is 125 Å². The van der Waals surface area contributed by atoms with Gasteiger partial charge >= 0.3 is 0 Å². The quantitative estimate of drug-likeness (QED) is 0.502. The van der Waals surface area contributed by atoms with Gasteiger partial charge in [0.25, 0.3) is 5.91 Å². The van der Waals surface area contributed by atoms with Gasteiger partial charge in [0.1, 0.15) is 5.60 Å². The molecule has 1 saturated carbocycles. The predicted octanol–water partition coefficient (Wildman–Crippen LogP) is 5.33. The first kappa shape index (κ1) is 25.2. The second-order valence-electron chi connectivity index (χ2n) is 11.7. The lowest BCUT2D eigenvalue weighted by molar-refractivity contribution is -0.219. The third kappa shape index (κ3) is 4.62. The highest BCUT2D eigenvalue weighted by molar-refractivity contribution is 6.01. The van der Waals surface area contributed by atoms with Crippen molar-refractivity contribution in [3.63, 3.8) is 0 Å². The van der Waals surface area contributed by atoms with Gasteiger partial charge in [-0.25, -0.2) is 0 Å². The van der Waals surface area contributed by atoms with Crippen LogP contribution in [-0.4, -0.2) is 49.9 Å². The van der Waals surface area contributed by atoms with Crippen LogP contribution in [0.3, 0.4) is 0 Å². The second kappa shape index (κ2) is 9.08. The standard InChI is InChI=1S/C26H44N2O4/c1-20(29)27-22(31)25(16-14-12-10-8-7-9-11-13-15-17-25)32-26(27)18-23(3,4)28(21(2)30)24(5,6)19-26/h7-19H2,1-6H3. The molecular weight excluding hydrogens is 404 g/mol. The molecule has 1 aliphatic carbocycles. The molecule has 6 heteroatoms. The number of hydrogen-bond acceptors (Lipinski definition) is 4. The summed E-state index contributed by atoms with van der Waals surface area (Å²) in [5, 5.41) is 0. The van der Waals surface area contributed by atoms with Gasteiger partial charge in [-0.1, -0.05) is 57.8 Å². The SMILES string of the molecule is CC(=O)N1C(C)(C)CC2(CC1(C)C)OC1(CCCCCCCCCCC1)C(=O)N2C(C)=O. The van der Waals surface area contributed by atoms with Crippen LogP contribution >= 0.6 is 0 Å². The summed E-state index contributed by atoms with van der Waals surface area (Å²) < 4.78 is 6.93. The average Bonchev–Trinajstić information content (AvgIpc) is 2.82. The number of ether oxygens (including phenoxy) is 1. The minimum absolute atomic E-state index is 0.00858. The molecule has 0 aromatic rings. The largest absolute Gasteiger partial charge is 0.339 e. The van der Waals surface area contributed by atoms with E-state index >= 15 is 0 Å². The molecule has 0 bridgehead atoms. The average molecular weight is 449 g/mol. The van der Waals surface area contributed by atoms with Crippen molar-refractivity contribution in [3.05, 3.63) is 0 Å². The molecule has 3 fully saturated rings. The molecule has 2 saturated heterocycles. The first-order valence-electron chi connectivity index (χ1n) is 12.7. The Morgan fingerprint density at radius 3 is 1.50 bits per heavy atom. The Kier molecular flexibility index (Phi) is 7.15. The molecule has 6 nitrogen and oxygen atoms in total. The molecule has 2 aliphatic heterocycles. The van der Waals surface area contributed by atoms with Crippen LogP contribution in [0, 0.1) is 0 Å². The summed E-state index contributed by atoms with van der Waals surface area (Å²) in [4.78, 5) is 42.8. The molecule has 3 rings (SSSR count). The van der Waals surface area contributed by atoms with E-state index in [4.69, 9.17) is 4.74 Å². The van der Waals surface area contributed by atoms with E-state index in [1.807, 2.05) is 32.6 Å². The topological polar surface area (TPSA) is 66.9 Å². The van der Waals surface area contributed by atoms with Crippen LogP contribution in [0.25, 0.3) is 0 Å². The number of likely N-dealkylation sites (tertiary alicyclic amines) is 1. The van der Waals surface area contributed by atoms with E-state index in [0.717, 1.165) is 25.7 Å². The smallest absolute Gasteiger partial charge is 0.263 e. The van der Waals surface area contributed by atoms with Crippen molar-refractivity contribution in [2.24, 2.45) is 0 Å². The molecule has 0 N–H and O–H groups in total. The molecule has 32 heavy (non-hydrogen) atoms. The van der Waals surface area contributed by atoms with Gasteiger partial charge in [0.15, 0.2) is 5.72 Å². The summed E-state index contributed by atoms with van der Waals surface area (Å²) >= 11 is 0. The molecule has 0 aromatic heterocycles. The molecule has 0 aromatic carbocycles. The summed E-state index contributed by atoms with van der Waals surface area (Å²) in [6.45, 7) is 11.2. The van der Waals surface area contributed by atoms with Crippen molar-refractivity contribution in [1.29, 1.82) is 0 Å². The lowest BCUT2D eigenvalue weighted by atomic mass is 9.74. The Hall–Kier alpha value is -1.43. The lowest BCUT2D eigenvalue weighted by Gasteiger charge is -2.59. The van der Waals surface area contributed by atoms with E-state index in [2.05, 4.69) is 0 Å². The normalized spacial score (nSPS) is 27.8. The number of carbonyl (C=O) groups is 3. The highest BCUT2D eigenvalue weighted by Gasteiger charge is 2.67. The molecule has 0 atom stereocenters. The molecule has 182 valence electrons. The Morgan fingerprint density at radius 1 is 0.719 bits per heavy atom. The zero-order valence-corrected chi connectivity index (χ0v) is 21.2. The number of carbonyl (C=O) groups excluding carboxylic acids is 3. The summed E-state index contributed by atoms with van der Waals surface area (Å²) in [7, 11) is 0. The summed E-state index contributed by atoms with van der Waals surface area (Å²) in [5.41, 5.74) is -3.01. The summed E-state index contributed by atoms with van der Waals surface area (Å²) in [5.74, 6) is -0.389. The zero-order valence-electron chi connectivity index (χ0n) is 21.2. The third-order valence-electron chi connectivity index (χ3n) is 7.81. The molecule has 2 spiro atoms. The maximum absolute atomic E-state index is 14.0. The van der Waals surface area contributed by atoms with Crippen LogP contribution < -0.4 is 0 Å². The van der Waals surface area contributed by atoms with Crippen molar-refractivity contribution in [3.8, 4) is 0 Å². The minimum atomic E-state index is -1.00. The number of rotatable bonds is 0. The number of hydrogen-bond donors (Lipinski definition) is 0. The van der Waals surface area contributed by atoms with Gasteiger partial charge < -0.3 is 9.64 Å². The van der Waals surface area contributed by atoms with Crippen LogP contribution in [0.15, 0.2) is 0 Å². The van der Waals surface area contributed by atoms with Gasteiger partial charge in [-0.05, 0) is 40.5 Å². The van der Waals surface area contributed by atoms with Crippen molar-refractivity contribution >= 4 is 17.7 Å². The van der Waals surface area contributed by atoms with Crippen LogP contribution in [0.2, 0.25) is 0 Å².